The fraction of sp³-hybridized carbons (Fsp3) is 0.156. The number of amides is 1. The molecule has 0 aliphatic rings. The average molecular weight is 491 g/mol. The van der Waals surface area contributed by atoms with Crippen LogP contribution >= 0.6 is 0 Å². The van der Waals surface area contributed by atoms with E-state index in [1.165, 1.54) is 0 Å². The molecule has 1 aromatic heterocycles. The van der Waals surface area contributed by atoms with Crippen LogP contribution in [0.1, 0.15) is 40.6 Å². The number of rotatable bonds is 9. The summed E-state index contributed by atoms with van der Waals surface area (Å²) in [6, 6.07) is 33.8. The first-order valence-electron chi connectivity index (χ1n) is 12.4. The maximum atomic E-state index is 13.8. The molecule has 0 bridgehead atoms. The predicted molar refractivity (Wildman–Crippen MR) is 147 cm³/mol. The van der Waals surface area contributed by atoms with Gasteiger partial charge in [0, 0.05) is 35.0 Å². The van der Waals surface area contributed by atoms with Crippen LogP contribution in [0.2, 0.25) is 0 Å². The Balaban J connectivity index is 1.54. The molecule has 2 N–H and O–H groups in total. The molecule has 1 heterocycles. The molecular formula is C32H30N2O3. The van der Waals surface area contributed by atoms with E-state index in [0.717, 1.165) is 33.2 Å². The lowest BCUT2D eigenvalue weighted by molar-refractivity contribution is -0.121. The van der Waals surface area contributed by atoms with E-state index < -0.39 is 0 Å². The summed E-state index contributed by atoms with van der Waals surface area (Å²) >= 11 is 0. The van der Waals surface area contributed by atoms with Crippen molar-refractivity contribution in [1.82, 2.24) is 10.3 Å². The Labute approximate surface area is 217 Å². The molecule has 1 amide bonds. The number of carbonyl (C=O) groups is 1. The van der Waals surface area contributed by atoms with E-state index in [0.29, 0.717) is 11.5 Å². The smallest absolute Gasteiger partial charge is 0.221 e. The molecule has 0 spiro atoms. The van der Waals surface area contributed by atoms with Gasteiger partial charge in [0.1, 0.15) is 0 Å². The third kappa shape index (κ3) is 5.07. The number of methoxy groups -OCH3 is 2. The first-order chi connectivity index (χ1) is 18.2. The van der Waals surface area contributed by atoms with Gasteiger partial charge in [-0.25, -0.2) is 0 Å². The lowest BCUT2D eigenvalue weighted by Crippen LogP contribution is -2.30. The topological polar surface area (TPSA) is 63.3 Å². The minimum Gasteiger partial charge on any atom is -0.493 e. The standard InChI is InChI=1S/C32H30N2O3/c1-36-29-19-11-17-25(32(29)37-2)26(27-21-33-28-18-10-9-16-24(27)28)20-30(35)34-31(22-12-5-3-6-13-22)23-14-7-4-8-15-23/h3-19,21,26,31,33H,20H2,1-2H3,(H,34,35). The van der Waals surface area contributed by atoms with Gasteiger partial charge in [-0.05, 0) is 28.8 Å². The molecule has 0 saturated carbocycles. The average Bonchev–Trinajstić information content (AvgIpc) is 3.39. The molecule has 0 aliphatic carbocycles. The number of benzene rings is 4. The van der Waals surface area contributed by atoms with Gasteiger partial charge >= 0.3 is 0 Å². The largest absolute Gasteiger partial charge is 0.493 e. The Hall–Kier alpha value is -4.51. The summed E-state index contributed by atoms with van der Waals surface area (Å²) in [6.07, 6.45) is 2.23. The molecule has 0 saturated heterocycles. The van der Waals surface area contributed by atoms with Crippen molar-refractivity contribution in [3.63, 3.8) is 0 Å². The molecular weight excluding hydrogens is 460 g/mol. The highest BCUT2D eigenvalue weighted by atomic mass is 16.5. The Kier molecular flexibility index (Phi) is 7.22. The van der Waals surface area contributed by atoms with Gasteiger partial charge in [0.15, 0.2) is 11.5 Å². The number of fused-ring (bicyclic) bond motifs is 1. The highest BCUT2D eigenvalue weighted by Crippen LogP contribution is 2.42. The maximum absolute atomic E-state index is 13.8. The van der Waals surface area contributed by atoms with Gasteiger partial charge in [0.25, 0.3) is 0 Å². The maximum Gasteiger partial charge on any atom is 0.221 e. The van der Waals surface area contributed by atoms with Crippen LogP contribution in [0.25, 0.3) is 10.9 Å². The second-order valence-electron chi connectivity index (χ2n) is 8.95. The van der Waals surface area contributed by atoms with Crippen LogP contribution in [0.15, 0.2) is 109 Å². The van der Waals surface area contributed by atoms with Crippen LogP contribution in [-0.4, -0.2) is 25.1 Å². The Bertz CT molecular complexity index is 1440. The van der Waals surface area contributed by atoms with E-state index >= 15 is 0 Å². The van der Waals surface area contributed by atoms with Gasteiger partial charge in [-0.15, -0.1) is 0 Å². The number of aromatic nitrogens is 1. The monoisotopic (exact) mass is 490 g/mol. The van der Waals surface area contributed by atoms with Crippen LogP contribution in [0.5, 0.6) is 11.5 Å². The van der Waals surface area contributed by atoms with E-state index in [9.17, 15) is 4.79 Å². The Morgan fingerprint density at radius 3 is 2.05 bits per heavy atom. The fourth-order valence-corrected chi connectivity index (χ4v) is 5.01. The number of nitrogens with one attached hydrogen (secondary N) is 2. The lowest BCUT2D eigenvalue weighted by atomic mass is 9.86. The van der Waals surface area contributed by atoms with Crippen LogP contribution in [-0.2, 0) is 4.79 Å². The van der Waals surface area contributed by atoms with E-state index in [-0.39, 0.29) is 24.3 Å². The van der Waals surface area contributed by atoms with Crippen molar-refractivity contribution < 1.29 is 14.3 Å². The molecule has 5 rings (SSSR count). The molecule has 0 fully saturated rings. The molecule has 186 valence electrons. The van der Waals surface area contributed by atoms with Crippen molar-refractivity contribution in [2.75, 3.05) is 14.2 Å². The summed E-state index contributed by atoms with van der Waals surface area (Å²) < 4.78 is 11.4. The number of para-hydroxylation sites is 2. The lowest BCUT2D eigenvalue weighted by Gasteiger charge is -2.24. The summed E-state index contributed by atoms with van der Waals surface area (Å²) in [6.45, 7) is 0. The number of aromatic amines is 1. The van der Waals surface area contributed by atoms with Crippen LogP contribution in [0.4, 0.5) is 0 Å². The summed E-state index contributed by atoms with van der Waals surface area (Å²) in [5, 5.41) is 4.38. The van der Waals surface area contributed by atoms with Crippen molar-refractivity contribution in [1.29, 1.82) is 0 Å². The van der Waals surface area contributed by atoms with Gasteiger partial charge in [-0.2, -0.15) is 0 Å². The molecule has 0 aliphatic heterocycles. The molecule has 5 aromatic rings. The van der Waals surface area contributed by atoms with E-state index in [4.69, 9.17) is 9.47 Å². The van der Waals surface area contributed by atoms with Gasteiger partial charge < -0.3 is 19.8 Å². The Morgan fingerprint density at radius 2 is 1.41 bits per heavy atom. The number of hydrogen-bond acceptors (Lipinski definition) is 3. The quantitative estimate of drug-likeness (QED) is 0.244. The van der Waals surface area contributed by atoms with Crippen LogP contribution < -0.4 is 14.8 Å². The van der Waals surface area contributed by atoms with Crippen LogP contribution in [0, 0.1) is 0 Å². The van der Waals surface area contributed by atoms with Crippen molar-refractivity contribution in [2.45, 2.75) is 18.4 Å². The molecule has 1 atom stereocenters. The summed E-state index contributed by atoms with van der Waals surface area (Å²) in [4.78, 5) is 17.1. The molecule has 4 aromatic carbocycles. The highest BCUT2D eigenvalue weighted by Gasteiger charge is 2.27. The van der Waals surface area contributed by atoms with Gasteiger partial charge in [0.05, 0.1) is 20.3 Å². The normalized spacial score (nSPS) is 11.9. The number of hydrogen-bond donors (Lipinski definition) is 2. The number of H-pyrrole nitrogens is 1. The predicted octanol–water partition coefficient (Wildman–Crippen LogP) is 6.61. The van der Waals surface area contributed by atoms with E-state index in [1.807, 2.05) is 103 Å². The molecule has 5 nitrogen and oxygen atoms in total. The van der Waals surface area contributed by atoms with Crippen molar-refractivity contribution in [3.8, 4) is 11.5 Å². The molecule has 37 heavy (non-hydrogen) atoms. The van der Waals surface area contributed by atoms with E-state index in [2.05, 4.69) is 16.4 Å². The van der Waals surface area contributed by atoms with Crippen molar-refractivity contribution >= 4 is 16.8 Å². The zero-order valence-corrected chi connectivity index (χ0v) is 21.0. The van der Waals surface area contributed by atoms with Gasteiger partial charge in [-0.3, -0.25) is 4.79 Å². The molecule has 0 radical (unpaired) electrons. The highest BCUT2D eigenvalue weighted by molar-refractivity contribution is 5.86. The second-order valence-corrected chi connectivity index (χ2v) is 8.95. The number of carbonyl (C=O) groups excluding carboxylic acids is 1. The van der Waals surface area contributed by atoms with Crippen molar-refractivity contribution in [3.05, 3.63) is 132 Å². The minimum atomic E-state index is -0.259. The summed E-state index contributed by atoms with van der Waals surface area (Å²) in [5.41, 5.74) is 5.02. The third-order valence-corrected chi connectivity index (χ3v) is 6.77. The molecule has 1 unspecified atom stereocenters. The summed E-state index contributed by atoms with van der Waals surface area (Å²) in [7, 11) is 3.26. The first-order valence-corrected chi connectivity index (χ1v) is 12.4. The summed E-state index contributed by atoms with van der Waals surface area (Å²) in [5.74, 6) is 0.957. The molecule has 5 heteroatoms. The minimum absolute atomic E-state index is 0.0575. The zero-order valence-electron chi connectivity index (χ0n) is 21.0. The fourth-order valence-electron chi connectivity index (χ4n) is 5.01. The number of ether oxygens (including phenoxy) is 2. The van der Waals surface area contributed by atoms with Crippen molar-refractivity contribution in [2.24, 2.45) is 0 Å². The Morgan fingerprint density at radius 1 is 0.757 bits per heavy atom. The third-order valence-electron chi connectivity index (χ3n) is 6.77. The first kappa shape index (κ1) is 24.2. The second kappa shape index (κ2) is 11.0. The zero-order chi connectivity index (χ0) is 25.6. The SMILES string of the molecule is COc1cccc(C(CC(=O)NC(c2ccccc2)c2ccccc2)c2c[nH]c3ccccc23)c1OC. The van der Waals surface area contributed by atoms with E-state index in [1.54, 1.807) is 14.2 Å². The van der Waals surface area contributed by atoms with Gasteiger partial charge in [-0.1, -0.05) is 91.0 Å². The van der Waals surface area contributed by atoms with Crippen LogP contribution in [0.3, 0.4) is 0 Å². The van der Waals surface area contributed by atoms with Gasteiger partial charge in [0.2, 0.25) is 5.91 Å².